The Morgan fingerprint density at radius 1 is 1.21 bits per heavy atom. The summed E-state index contributed by atoms with van der Waals surface area (Å²) in [7, 11) is 0. The van der Waals surface area contributed by atoms with Crippen molar-refractivity contribution in [2.24, 2.45) is 5.73 Å². The van der Waals surface area contributed by atoms with Crippen molar-refractivity contribution in [2.75, 3.05) is 6.61 Å². The molecule has 4 aromatic rings. The van der Waals surface area contributed by atoms with Crippen molar-refractivity contribution in [3.05, 3.63) is 70.9 Å². The molecule has 170 valence electrons. The Labute approximate surface area is 198 Å². The summed E-state index contributed by atoms with van der Waals surface area (Å²) in [5.74, 6) is 6.21. The first-order valence-electron chi connectivity index (χ1n) is 11.3. The molecule has 0 fully saturated rings. The number of rotatable bonds is 3. The average Bonchev–Trinajstić information content (AvgIpc) is 2.79. The van der Waals surface area contributed by atoms with Gasteiger partial charge in [-0.25, -0.2) is 0 Å². The lowest BCUT2D eigenvalue weighted by Crippen LogP contribution is -2.29. The summed E-state index contributed by atoms with van der Waals surface area (Å²) in [6, 6.07) is 14.1. The van der Waals surface area contributed by atoms with Gasteiger partial charge in [-0.2, -0.15) is 0 Å². The van der Waals surface area contributed by atoms with Gasteiger partial charge in [-0.1, -0.05) is 24.0 Å². The standard InChI is InChI=1S/C29H26N2O3/c1-17-14-20-5-4-18(8-11-29(2,3)30)15-23(20)27(22(17)16-25(32)33)21-6-7-24-26-19(10-13-34-24)9-12-31-28(21)26/h4-7,9,12,14-15H,10,13,16,30H2,1-3H3,(H,32,33). The number of aliphatic carboxylic acids is 1. The minimum atomic E-state index is -0.872. The lowest BCUT2D eigenvalue weighted by atomic mass is 9.86. The SMILES string of the molecule is Cc1cc2ccc(C#CC(C)(C)N)cc2c(-c2ccc3c4c(ccnc24)CCO3)c1CC(=O)O. The van der Waals surface area contributed by atoms with E-state index in [0.29, 0.717) is 6.61 Å². The lowest BCUT2D eigenvalue weighted by Gasteiger charge is -2.22. The third-order valence-electron chi connectivity index (χ3n) is 6.17. The van der Waals surface area contributed by atoms with E-state index in [-0.39, 0.29) is 6.42 Å². The summed E-state index contributed by atoms with van der Waals surface area (Å²) < 4.78 is 5.91. The number of carboxylic acids is 1. The van der Waals surface area contributed by atoms with E-state index >= 15 is 0 Å². The first kappa shape index (κ1) is 21.9. The van der Waals surface area contributed by atoms with Gasteiger partial charge >= 0.3 is 5.97 Å². The number of nitrogens with two attached hydrogens (primary N) is 1. The number of fused-ring (bicyclic) bond motifs is 1. The van der Waals surface area contributed by atoms with Gasteiger partial charge < -0.3 is 15.6 Å². The molecule has 5 heteroatoms. The van der Waals surface area contributed by atoms with Gasteiger partial charge in [0.25, 0.3) is 0 Å². The van der Waals surface area contributed by atoms with Crippen LogP contribution in [0.4, 0.5) is 0 Å². The van der Waals surface area contributed by atoms with E-state index in [1.165, 1.54) is 5.56 Å². The van der Waals surface area contributed by atoms with Crippen LogP contribution >= 0.6 is 0 Å². The third kappa shape index (κ3) is 3.98. The van der Waals surface area contributed by atoms with E-state index in [4.69, 9.17) is 15.5 Å². The predicted molar refractivity (Wildman–Crippen MR) is 135 cm³/mol. The predicted octanol–water partition coefficient (Wildman–Crippen LogP) is 5.01. The van der Waals surface area contributed by atoms with E-state index in [0.717, 1.165) is 61.7 Å². The van der Waals surface area contributed by atoms with Gasteiger partial charge in [-0.3, -0.25) is 9.78 Å². The molecule has 0 saturated carbocycles. The summed E-state index contributed by atoms with van der Waals surface area (Å²) in [5.41, 5.74) is 11.8. The molecule has 1 aliphatic rings. The number of hydrogen-bond donors (Lipinski definition) is 2. The molecule has 34 heavy (non-hydrogen) atoms. The molecule has 5 rings (SSSR count). The molecule has 5 nitrogen and oxygen atoms in total. The van der Waals surface area contributed by atoms with Gasteiger partial charge in [0, 0.05) is 29.1 Å². The fourth-order valence-electron chi connectivity index (χ4n) is 4.68. The Hall–Kier alpha value is -3.88. The first-order chi connectivity index (χ1) is 16.2. The van der Waals surface area contributed by atoms with Crippen molar-refractivity contribution >= 4 is 27.6 Å². The largest absolute Gasteiger partial charge is 0.493 e. The molecule has 0 saturated heterocycles. The number of benzene rings is 3. The molecule has 0 amide bonds. The second-order valence-corrected chi connectivity index (χ2v) is 9.43. The van der Waals surface area contributed by atoms with Gasteiger partial charge in [0.1, 0.15) is 5.75 Å². The Kier molecular flexibility index (Phi) is 5.27. The van der Waals surface area contributed by atoms with E-state index in [1.54, 1.807) is 0 Å². The summed E-state index contributed by atoms with van der Waals surface area (Å²) in [6.07, 6.45) is 2.56. The van der Waals surface area contributed by atoms with Crippen molar-refractivity contribution in [3.63, 3.8) is 0 Å². The highest BCUT2D eigenvalue weighted by Crippen LogP contribution is 2.42. The summed E-state index contributed by atoms with van der Waals surface area (Å²) in [4.78, 5) is 16.6. The number of carboxylic acid groups (broad SMARTS) is 1. The van der Waals surface area contributed by atoms with Crippen LogP contribution in [0.1, 0.15) is 36.1 Å². The topological polar surface area (TPSA) is 85.4 Å². The molecule has 3 aromatic carbocycles. The van der Waals surface area contributed by atoms with Crippen LogP contribution in [0, 0.1) is 18.8 Å². The molecule has 3 N–H and O–H groups in total. The minimum absolute atomic E-state index is 0.0811. The van der Waals surface area contributed by atoms with Crippen LogP contribution < -0.4 is 10.5 Å². The second kappa shape index (κ2) is 8.16. The Balaban J connectivity index is 1.87. The molecule has 0 unspecified atom stereocenters. The maximum absolute atomic E-state index is 11.9. The smallest absolute Gasteiger partial charge is 0.307 e. The first-order valence-corrected chi connectivity index (χ1v) is 11.3. The fraction of sp³-hybridized carbons (Fsp3) is 0.241. The van der Waals surface area contributed by atoms with Crippen molar-refractivity contribution in [3.8, 4) is 28.7 Å². The van der Waals surface area contributed by atoms with E-state index in [2.05, 4.69) is 11.8 Å². The summed E-state index contributed by atoms with van der Waals surface area (Å²) in [6.45, 7) is 6.34. The second-order valence-electron chi connectivity index (χ2n) is 9.43. The van der Waals surface area contributed by atoms with E-state index in [9.17, 15) is 9.90 Å². The quantitative estimate of drug-likeness (QED) is 0.429. The van der Waals surface area contributed by atoms with Crippen molar-refractivity contribution in [2.45, 2.75) is 39.2 Å². The molecule has 1 aromatic heterocycles. The molecule has 0 atom stereocenters. The van der Waals surface area contributed by atoms with Crippen LogP contribution in [0.5, 0.6) is 5.75 Å². The van der Waals surface area contributed by atoms with Crippen LogP contribution in [0.3, 0.4) is 0 Å². The fourth-order valence-corrected chi connectivity index (χ4v) is 4.68. The normalized spacial score (nSPS) is 12.8. The maximum Gasteiger partial charge on any atom is 0.307 e. The number of ether oxygens (including phenoxy) is 1. The van der Waals surface area contributed by atoms with Crippen LogP contribution in [-0.2, 0) is 17.6 Å². The lowest BCUT2D eigenvalue weighted by molar-refractivity contribution is -0.136. The Bertz CT molecular complexity index is 1520. The number of pyridine rings is 1. The molecule has 0 spiro atoms. The zero-order chi connectivity index (χ0) is 24.0. The van der Waals surface area contributed by atoms with Gasteiger partial charge in [0.2, 0.25) is 0 Å². The van der Waals surface area contributed by atoms with Crippen molar-refractivity contribution in [1.29, 1.82) is 0 Å². The maximum atomic E-state index is 11.9. The zero-order valence-corrected chi connectivity index (χ0v) is 19.5. The number of nitrogens with zero attached hydrogens (tertiary/aromatic N) is 1. The van der Waals surface area contributed by atoms with Gasteiger partial charge in [0.15, 0.2) is 0 Å². The molecule has 0 radical (unpaired) electrons. The van der Waals surface area contributed by atoms with Crippen molar-refractivity contribution < 1.29 is 14.6 Å². The van der Waals surface area contributed by atoms with Gasteiger partial charge in [0.05, 0.1) is 24.1 Å². The Morgan fingerprint density at radius 2 is 2.03 bits per heavy atom. The molecular formula is C29H26N2O3. The number of hydrogen-bond acceptors (Lipinski definition) is 4. The van der Waals surface area contributed by atoms with Crippen LogP contribution in [0.2, 0.25) is 0 Å². The molecular weight excluding hydrogens is 424 g/mol. The van der Waals surface area contributed by atoms with Crippen LogP contribution in [-0.4, -0.2) is 28.2 Å². The van der Waals surface area contributed by atoms with Gasteiger partial charge in [-0.05, 0) is 84.1 Å². The van der Waals surface area contributed by atoms with Gasteiger partial charge in [-0.15, -0.1) is 0 Å². The van der Waals surface area contributed by atoms with E-state index < -0.39 is 11.5 Å². The van der Waals surface area contributed by atoms with E-state index in [1.807, 2.05) is 69.4 Å². The minimum Gasteiger partial charge on any atom is -0.493 e. The van der Waals surface area contributed by atoms with Crippen LogP contribution in [0.25, 0.3) is 32.8 Å². The highest BCUT2D eigenvalue weighted by Gasteiger charge is 2.22. The molecule has 0 bridgehead atoms. The third-order valence-corrected chi connectivity index (χ3v) is 6.17. The highest BCUT2D eigenvalue weighted by atomic mass is 16.5. The number of carbonyl (C=O) groups is 1. The van der Waals surface area contributed by atoms with Crippen LogP contribution in [0.15, 0.2) is 48.7 Å². The summed E-state index contributed by atoms with van der Waals surface area (Å²) >= 11 is 0. The summed E-state index contributed by atoms with van der Waals surface area (Å²) in [5, 5.41) is 12.7. The highest BCUT2D eigenvalue weighted by molar-refractivity contribution is 6.08. The Morgan fingerprint density at radius 3 is 2.79 bits per heavy atom. The molecule has 2 heterocycles. The zero-order valence-electron chi connectivity index (χ0n) is 19.5. The monoisotopic (exact) mass is 450 g/mol. The number of aryl methyl sites for hydroxylation is 1. The average molecular weight is 451 g/mol. The number of aromatic nitrogens is 1. The molecule has 0 aliphatic carbocycles. The van der Waals surface area contributed by atoms with Crippen molar-refractivity contribution in [1.82, 2.24) is 4.98 Å². The molecule has 1 aliphatic heterocycles.